The largest absolute Gasteiger partial charge is 0.378 e. The number of halogens is 2. The molecule has 0 aromatic heterocycles. The molecule has 2 aromatic rings. The molecule has 0 aliphatic carbocycles. The lowest BCUT2D eigenvalue weighted by atomic mass is 9.93. The third-order valence-electron chi connectivity index (χ3n) is 4.32. The van der Waals surface area contributed by atoms with Gasteiger partial charge in [0.1, 0.15) is 0 Å². The van der Waals surface area contributed by atoms with E-state index in [1.807, 2.05) is 24.3 Å². The predicted molar refractivity (Wildman–Crippen MR) is 97.7 cm³/mol. The second-order valence-electron chi connectivity index (χ2n) is 5.99. The van der Waals surface area contributed by atoms with Crippen LogP contribution >= 0.6 is 27.5 Å². The zero-order chi connectivity index (χ0) is 17.6. The van der Waals surface area contributed by atoms with Crippen molar-refractivity contribution >= 4 is 50.7 Å². The number of anilines is 1. The van der Waals surface area contributed by atoms with Crippen molar-refractivity contribution in [3.8, 4) is 0 Å². The highest BCUT2D eigenvalue weighted by atomic mass is 79.9. The molecular formula is C18H12BrClN2O3. The Kier molecular flexibility index (Phi) is 3.89. The zero-order valence-corrected chi connectivity index (χ0v) is 15.3. The number of hydrogen-bond acceptors (Lipinski definition) is 4. The van der Waals surface area contributed by atoms with Crippen LogP contribution in [0.2, 0.25) is 5.02 Å². The van der Waals surface area contributed by atoms with Crippen molar-refractivity contribution in [3.63, 3.8) is 0 Å². The van der Waals surface area contributed by atoms with Crippen molar-refractivity contribution in [3.05, 3.63) is 63.6 Å². The molecule has 7 heteroatoms. The molecule has 1 saturated heterocycles. The second kappa shape index (κ2) is 5.97. The SMILES string of the molecule is O=C1C[C@]2(CC(c3ccc(Br)cc3)=NO2)C(=O)N1c1ccc(Cl)cc1. The fourth-order valence-electron chi connectivity index (χ4n) is 3.05. The van der Waals surface area contributed by atoms with Gasteiger partial charge in [0.25, 0.3) is 5.91 Å². The van der Waals surface area contributed by atoms with E-state index in [4.69, 9.17) is 16.4 Å². The van der Waals surface area contributed by atoms with Gasteiger partial charge in [0.2, 0.25) is 11.5 Å². The number of nitrogens with zero attached hydrogens (tertiary/aromatic N) is 2. The van der Waals surface area contributed by atoms with Crippen LogP contribution in [0.4, 0.5) is 5.69 Å². The summed E-state index contributed by atoms with van der Waals surface area (Å²) in [5.41, 5.74) is 0.757. The van der Waals surface area contributed by atoms with Crippen LogP contribution in [0.1, 0.15) is 18.4 Å². The standard InChI is InChI=1S/C18H12BrClN2O3/c19-12-3-1-11(2-4-12)15-9-18(25-21-15)10-16(23)22(17(18)24)14-7-5-13(20)6-8-14/h1-8H,9-10H2/t18-/m1/s1. The molecule has 1 fully saturated rings. The van der Waals surface area contributed by atoms with Crippen molar-refractivity contribution in [2.24, 2.45) is 5.16 Å². The molecule has 0 N–H and O–H groups in total. The minimum atomic E-state index is -1.25. The van der Waals surface area contributed by atoms with Gasteiger partial charge < -0.3 is 4.84 Å². The van der Waals surface area contributed by atoms with E-state index in [9.17, 15) is 9.59 Å². The molecule has 2 aliphatic heterocycles. The smallest absolute Gasteiger partial charge is 0.281 e. The molecule has 0 radical (unpaired) electrons. The van der Waals surface area contributed by atoms with Crippen molar-refractivity contribution in [2.45, 2.75) is 18.4 Å². The average molecular weight is 420 g/mol. The van der Waals surface area contributed by atoms with Gasteiger partial charge in [-0.2, -0.15) is 0 Å². The van der Waals surface area contributed by atoms with Crippen molar-refractivity contribution < 1.29 is 14.4 Å². The summed E-state index contributed by atoms with van der Waals surface area (Å²) in [6.45, 7) is 0. The lowest BCUT2D eigenvalue weighted by molar-refractivity contribution is -0.136. The van der Waals surface area contributed by atoms with Crippen LogP contribution in [-0.4, -0.2) is 23.1 Å². The zero-order valence-electron chi connectivity index (χ0n) is 12.9. The fourth-order valence-corrected chi connectivity index (χ4v) is 3.44. The Bertz CT molecular complexity index is 896. The van der Waals surface area contributed by atoms with Crippen LogP contribution in [0.25, 0.3) is 0 Å². The number of carbonyl (C=O) groups is 2. The van der Waals surface area contributed by atoms with Gasteiger partial charge in [0.05, 0.1) is 17.8 Å². The van der Waals surface area contributed by atoms with Crippen molar-refractivity contribution in [2.75, 3.05) is 4.90 Å². The molecule has 25 heavy (non-hydrogen) atoms. The van der Waals surface area contributed by atoms with Crippen molar-refractivity contribution in [1.82, 2.24) is 0 Å². The number of hydrogen-bond donors (Lipinski definition) is 0. The molecule has 0 saturated carbocycles. The van der Waals surface area contributed by atoms with E-state index in [-0.39, 0.29) is 18.7 Å². The third kappa shape index (κ3) is 2.75. The van der Waals surface area contributed by atoms with Crippen LogP contribution in [0, 0.1) is 0 Å². The quantitative estimate of drug-likeness (QED) is 0.693. The van der Waals surface area contributed by atoms with E-state index in [1.54, 1.807) is 24.3 Å². The van der Waals surface area contributed by atoms with E-state index in [0.29, 0.717) is 16.4 Å². The van der Waals surface area contributed by atoms with Crippen LogP contribution in [0.3, 0.4) is 0 Å². The Hall–Kier alpha value is -2.18. The van der Waals surface area contributed by atoms with E-state index in [2.05, 4.69) is 21.1 Å². The van der Waals surface area contributed by atoms with Gasteiger partial charge in [0, 0.05) is 15.9 Å². The maximum Gasteiger partial charge on any atom is 0.281 e. The molecule has 0 unspecified atom stereocenters. The van der Waals surface area contributed by atoms with Crippen LogP contribution < -0.4 is 4.90 Å². The maximum atomic E-state index is 12.9. The van der Waals surface area contributed by atoms with Gasteiger partial charge >= 0.3 is 0 Å². The number of rotatable bonds is 2. The Balaban J connectivity index is 1.60. The topological polar surface area (TPSA) is 59.0 Å². The molecule has 2 aromatic carbocycles. The van der Waals surface area contributed by atoms with Gasteiger partial charge in [-0.1, -0.05) is 44.8 Å². The summed E-state index contributed by atoms with van der Waals surface area (Å²) in [6, 6.07) is 14.1. The Morgan fingerprint density at radius 3 is 2.40 bits per heavy atom. The van der Waals surface area contributed by atoms with Crippen LogP contribution in [-0.2, 0) is 14.4 Å². The number of benzene rings is 2. The molecule has 2 amide bonds. The number of oxime groups is 1. The normalized spacial score (nSPS) is 22.5. The highest BCUT2D eigenvalue weighted by Gasteiger charge is 2.58. The first-order chi connectivity index (χ1) is 12.0. The second-order valence-corrected chi connectivity index (χ2v) is 7.35. The van der Waals surface area contributed by atoms with Gasteiger partial charge in [0.15, 0.2) is 0 Å². The molecule has 2 aliphatic rings. The first kappa shape index (κ1) is 16.3. The lowest BCUT2D eigenvalue weighted by Crippen LogP contribution is -2.40. The summed E-state index contributed by atoms with van der Waals surface area (Å²) in [7, 11) is 0. The fraction of sp³-hybridized carbons (Fsp3) is 0.167. The molecule has 1 spiro atoms. The molecule has 2 heterocycles. The maximum absolute atomic E-state index is 12.9. The average Bonchev–Trinajstić information content (AvgIpc) is 3.12. The van der Waals surface area contributed by atoms with E-state index in [1.165, 1.54) is 0 Å². The number of imide groups is 1. The molecule has 4 rings (SSSR count). The van der Waals surface area contributed by atoms with Crippen molar-refractivity contribution in [1.29, 1.82) is 0 Å². The summed E-state index contributed by atoms with van der Waals surface area (Å²) in [5, 5.41) is 4.62. The minimum absolute atomic E-state index is 0.0298. The Morgan fingerprint density at radius 2 is 1.72 bits per heavy atom. The summed E-state index contributed by atoms with van der Waals surface area (Å²) < 4.78 is 0.950. The molecule has 0 bridgehead atoms. The molecule has 5 nitrogen and oxygen atoms in total. The van der Waals surface area contributed by atoms with Crippen LogP contribution in [0.15, 0.2) is 58.2 Å². The van der Waals surface area contributed by atoms with Gasteiger partial charge in [-0.25, -0.2) is 4.90 Å². The summed E-state index contributed by atoms with van der Waals surface area (Å²) in [6.07, 6.45) is 0.237. The summed E-state index contributed by atoms with van der Waals surface area (Å²) >= 11 is 9.26. The number of carbonyl (C=O) groups excluding carboxylic acids is 2. The van der Waals surface area contributed by atoms with E-state index in [0.717, 1.165) is 14.9 Å². The predicted octanol–water partition coefficient (Wildman–Crippen LogP) is 3.93. The van der Waals surface area contributed by atoms with E-state index >= 15 is 0 Å². The number of amides is 2. The summed E-state index contributed by atoms with van der Waals surface area (Å²) in [5.74, 6) is -0.699. The highest BCUT2D eigenvalue weighted by Crippen LogP contribution is 2.39. The third-order valence-corrected chi connectivity index (χ3v) is 5.11. The van der Waals surface area contributed by atoms with Gasteiger partial charge in [-0.15, -0.1) is 0 Å². The van der Waals surface area contributed by atoms with Gasteiger partial charge in [-0.05, 0) is 42.0 Å². The molecule has 126 valence electrons. The lowest BCUT2D eigenvalue weighted by Gasteiger charge is -2.19. The first-order valence-corrected chi connectivity index (χ1v) is 8.80. The molecule has 1 atom stereocenters. The highest BCUT2D eigenvalue weighted by molar-refractivity contribution is 9.10. The van der Waals surface area contributed by atoms with Gasteiger partial charge in [-0.3, -0.25) is 9.59 Å². The van der Waals surface area contributed by atoms with Crippen LogP contribution in [0.5, 0.6) is 0 Å². The van der Waals surface area contributed by atoms with E-state index < -0.39 is 11.5 Å². The summed E-state index contributed by atoms with van der Waals surface area (Å²) in [4.78, 5) is 32.0. The minimum Gasteiger partial charge on any atom is -0.378 e. The monoisotopic (exact) mass is 418 g/mol. The Labute approximate surface area is 157 Å². The first-order valence-electron chi connectivity index (χ1n) is 7.62. The molecular weight excluding hydrogens is 408 g/mol. The Morgan fingerprint density at radius 1 is 1.04 bits per heavy atom.